The van der Waals surface area contributed by atoms with Crippen molar-refractivity contribution in [2.24, 2.45) is 0 Å². The second-order valence-electron chi connectivity index (χ2n) is 5.41. The zero-order valence-corrected chi connectivity index (χ0v) is 12.7. The van der Waals surface area contributed by atoms with Crippen molar-refractivity contribution in [2.75, 3.05) is 32.5 Å². The largest absolute Gasteiger partial charge is 0.481 e. The quantitative estimate of drug-likeness (QED) is 0.721. The molecule has 2 fully saturated rings. The van der Waals surface area contributed by atoms with Crippen LogP contribution in [-0.4, -0.2) is 79.2 Å². The third-order valence-electron chi connectivity index (χ3n) is 3.77. The van der Waals surface area contributed by atoms with E-state index >= 15 is 0 Å². The summed E-state index contributed by atoms with van der Waals surface area (Å²) in [5.74, 6) is -1.23. The molecular formula is C12H20N2O6S. The monoisotopic (exact) mass is 320 g/mol. The normalized spacial score (nSPS) is 27.8. The lowest BCUT2D eigenvalue weighted by Crippen LogP contribution is -2.53. The van der Waals surface area contributed by atoms with Gasteiger partial charge in [-0.1, -0.05) is 0 Å². The van der Waals surface area contributed by atoms with Crippen molar-refractivity contribution in [3.63, 3.8) is 0 Å². The molecule has 2 aliphatic heterocycles. The maximum atomic E-state index is 12.5. The van der Waals surface area contributed by atoms with Crippen molar-refractivity contribution in [1.82, 2.24) is 9.21 Å². The van der Waals surface area contributed by atoms with Gasteiger partial charge in [0.05, 0.1) is 25.4 Å². The second kappa shape index (κ2) is 6.29. The zero-order chi connectivity index (χ0) is 15.6. The molecule has 0 saturated carbocycles. The SMILES string of the molecule is CS(=O)(=O)N1CCC[C@@H]1C(=O)N1CCO[C@@H](CC(=O)O)C1. The summed E-state index contributed by atoms with van der Waals surface area (Å²) >= 11 is 0. The van der Waals surface area contributed by atoms with E-state index in [9.17, 15) is 18.0 Å². The average Bonchev–Trinajstić information content (AvgIpc) is 2.86. The first kappa shape index (κ1) is 16.2. The number of carbonyl (C=O) groups excluding carboxylic acids is 1. The Kier molecular flexibility index (Phi) is 4.84. The van der Waals surface area contributed by atoms with Gasteiger partial charge in [0.15, 0.2) is 0 Å². The van der Waals surface area contributed by atoms with Gasteiger partial charge in [-0.25, -0.2) is 8.42 Å². The number of hydrogen-bond acceptors (Lipinski definition) is 5. The Labute approximate surface area is 123 Å². The molecular weight excluding hydrogens is 300 g/mol. The van der Waals surface area contributed by atoms with E-state index in [2.05, 4.69) is 0 Å². The van der Waals surface area contributed by atoms with Crippen molar-refractivity contribution >= 4 is 21.9 Å². The van der Waals surface area contributed by atoms with Crippen LogP contribution in [0, 0.1) is 0 Å². The van der Waals surface area contributed by atoms with Gasteiger partial charge in [-0.15, -0.1) is 0 Å². The van der Waals surface area contributed by atoms with Crippen LogP contribution >= 0.6 is 0 Å². The summed E-state index contributed by atoms with van der Waals surface area (Å²) in [7, 11) is -3.41. The van der Waals surface area contributed by atoms with Crippen LogP contribution in [0.1, 0.15) is 19.3 Å². The molecule has 2 saturated heterocycles. The number of hydrogen-bond donors (Lipinski definition) is 1. The van der Waals surface area contributed by atoms with Crippen molar-refractivity contribution in [3.8, 4) is 0 Å². The molecule has 0 aromatic carbocycles. The topological polar surface area (TPSA) is 104 Å². The molecule has 2 heterocycles. The first-order valence-corrected chi connectivity index (χ1v) is 8.73. The molecule has 21 heavy (non-hydrogen) atoms. The highest BCUT2D eigenvalue weighted by Gasteiger charge is 2.39. The predicted molar refractivity (Wildman–Crippen MR) is 73.1 cm³/mol. The summed E-state index contributed by atoms with van der Waals surface area (Å²) in [4.78, 5) is 24.7. The number of carboxylic acid groups (broad SMARTS) is 1. The van der Waals surface area contributed by atoms with Gasteiger partial charge in [-0.2, -0.15) is 4.31 Å². The van der Waals surface area contributed by atoms with Crippen LogP contribution in [0.25, 0.3) is 0 Å². The lowest BCUT2D eigenvalue weighted by molar-refractivity contribution is -0.149. The Morgan fingerprint density at radius 2 is 2.05 bits per heavy atom. The lowest BCUT2D eigenvalue weighted by atomic mass is 10.1. The third kappa shape index (κ3) is 3.92. The summed E-state index contributed by atoms with van der Waals surface area (Å²) in [6, 6.07) is -0.663. The zero-order valence-electron chi connectivity index (χ0n) is 11.9. The number of rotatable bonds is 4. The van der Waals surface area contributed by atoms with E-state index in [-0.39, 0.29) is 25.5 Å². The fourth-order valence-corrected chi connectivity index (χ4v) is 3.95. The molecule has 120 valence electrons. The highest BCUT2D eigenvalue weighted by atomic mass is 32.2. The van der Waals surface area contributed by atoms with Crippen LogP contribution in [0.4, 0.5) is 0 Å². The van der Waals surface area contributed by atoms with Gasteiger partial charge in [-0.05, 0) is 12.8 Å². The number of morpholine rings is 1. The number of carbonyl (C=O) groups is 2. The first-order chi connectivity index (χ1) is 9.79. The molecule has 0 bridgehead atoms. The van der Waals surface area contributed by atoms with Crippen molar-refractivity contribution in [3.05, 3.63) is 0 Å². The lowest BCUT2D eigenvalue weighted by Gasteiger charge is -2.35. The van der Waals surface area contributed by atoms with Crippen molar-refractivity contribution in [1.29, 1.82) is 0 Å². The Morgan fingerprint density at radius 1 is 1.33 bits per heavy atom. The molecule has 1 amide bonds. The summed E-state index contributed by atoms with van der Waals surface area (Å²) < 4.78 is 29.9. The van der Waals surface area contributed by atoms with E-state index in [1.54, 1.807) is 0 Å². The smallest absolute Gasteiger partial charge is 0.306 e. The van der Waals surface area contributed by atoms with Crippen LogP contribution in [-0.2, 0) is 24.3 Å². The van der Waals surface area contributed by atoms with Crippen molar-refractivity contribution < 1.29 is 27.9 Å². The van der Waals surface area contributed by atoms with Gasteiger partial charge in [0, 0.05) is 19.6 Å². The van der Waals surface area contributed by atoms with Crippen LogP contribution < -0.4 is 0 Å². The minimum absolute atomic E-state index is 0.162. The second-order valence-corrected chi connectivity index (χ2v) is 7.34. The van der Waals surface area contributed by atoms with Crippen LogP contribution in [0.2, 0.25) is 0 Å². The predicted octanol–water partition coefficient (Wildman–Crippen LogP) is -0.887. The van der Waals surface area contributed by atoms with Gasteiger partial charge < -0.3 is 14.7 Å². The van der Waals surface area contributed by atoms with E-state index in [0.717, 1.165) is 6.26 Å². The molecule has 1 N–H and O–H groups in total. The molecule has 2 aliphatic rings. The summed E-state index contributed by atoms with van der Waals surface area (Å²) in [6.45, 7) is 1.19. The van der Waals surface area contributed by atoms with Gasteiger partial charge in [-0.3, -0.25) is 9.59 Å². The molecule has 2 atom stereocenters. The Balaban J connectivity index is 2.03. The molecule has 9 heteroatoms. The molecule has 0 aromatic rings. The number of carboxylic acids is 1. The molecule has 0 aliphatic carbocycles. The molecule has 0 unspecified atom stereocenters. The number of nitrogens with zero attached hydrogens (tertiary/aromatic N) is 2. The molecule has 0 radical (unpaired) electrons. The summed E-state index contributed by atoms with van der Waals surface area (Å²) in [6.07, 6.45) is 1.57. The first-order valence-electron chi connectivity index (χ1n) is 6.88. The highest BCUT2D eigenvalue weighted by Crippen LogP contribution is 2.23. The van der Waals surface area contributed by atoms with Gasteiger partial charge in [0.25, 0.3) is 0 Å². The van der Waals surface area contributed by atoms with E-state index in [4.69, 9.17) is 9.84 Å². The number of aliphatic carboxylic acids is 1. The van der Waals surface area contributed by atoms with E-state index in [1.807, 2.05) is 0 Å². The molecule has 0 aromatic heterocycles. The number of ether oxygens (including phenoxy) is 1. The van der Waals surface area contributed by atoms with Crippen LogP contribution in [0.3, 0.4) is 0 Å². The van der Waals surface area contributed by atoms with Gasteiger partial charge in [0.2, 0.25) is 15.9 Å². The highest BCUT2D eigenvalue weighted by molar-refractivity contribution is 7.88. The standard InChI is InChI=1S/C12H20N2O6S/c1-21(18,19)14-4-2-3-10(14)12(17)13-5-6-20-9(8-13)7-11(15)16/h9-10H,2-8H2,1H3,(H,15,16)/t9-,10+/m0/s1. The van der Waals surface area contributed by atoms with E-state index in [1.165, 1.54) is 9.21 Å². The number of amides is 1. The Hall–Kier alpha value is -1.19. The molecule has 8 nitrogen and oxygen atoms in total. The van der Waals surface area contributed by atoms with Crippen LogP contribution in [0.15, 0.2) is 0 Å². The minimum atomic E-state index is -3.41. The van der Waals surface area contributed by atoms with E-state index < -0.39 is 28.1 Å². The van der Waals surface area contributed by atoms with Gasteiger partial charge in [0.1, 0.15) is 6.04 Å². The maximum absolute atomic E-state index is 12.5. The number of sulfonamides is 1. The molecule has 0 spiro atoms. The van der Waals surface area contributed by atoms with Crippen molar-refractivity contribution in [2.45, 2.75) is 31.4 Å². The van der Waals surface area contributed by atoms with E-state index in [0.29, 0.717) is 25.9 Å². The van der Waals surface area contributed by atoms with Gasteiger partial charge >= 0.3 is 5.97 Å². The Bertz CT molecular complexity index is 520. The fraction of sp³-hybridized carbons (Fsp3) is 0.833. The minimum Gasteiger partial charge on any atom is -0.481 e. The summed E-state index contributed by atoms with van der Waals surface area (Å²) in [5.41, 5.74) is 0. The molecule has 2 rings (SSSR count). The average molecular weight is 320 g/mol. The maximum Gasteiger partial charge on any atom is 0.306 e. The third-order valence-corrected chi connectivity index (χ3v) is 5.06. The van der Waals surface area contributed by atoms with Crippen LogP contribution in [0.5, 0.6) is 0 Å². The Morgan fingerprint density at radius 3 is 2.67 bits per heavy atom. The summed E-state index contributed by atoms with van der Waals surface area (Å²) in [5, 5.41) is 8.78. The fourth-order valence-electron chi connectivity index (χ4n) is 2.83.